The number of allylic oxidation sites excluding steroid dienone is 4. The second-order valence-electron chi connectivity index (χ2n) is 11.7. The maximum atomic E-state index is 13.5. The fourth-order valence-corrected chi connectivity index (χ4v) is 5.95. The molecule has 0 fully saturated rings. The van der Waals surface area contributed by atoms with Crippen molar-refractivity contribution in [1.82, 2.24) is 0 Å². The Morgan fingerprint density at radius 2 is 1.50 bits per heavy atom. The number of carbonyl (C=O) groups excluding carboxylic acids is 2. The Hall–Kier alpha value is -1.88. The predicted octanol–water partition coefficient (Wildman–Crippen LogP) is 7.81. The van der Waals surface area contributed by atoms with Crippen LogP contribution in [-0.4, -0.2) is 18.2 Å². The molecule has 0 spiro atoms. The lowest BCUT2D eigenvalue weighted by Crippen LogP contribution is -2.37. The van der Waals surface area contributed by atoms with E-state index in [-0.39, 0.29) is 22.4 Å². The summed E-state index contributed by atoms with van der Waals surface area (Å²) in [6.07, 6.45) is 6.78. The van der Waals surface area contributed by atoms with E-state index in [9.17, 15) is 9.59 Å². The Morgan fingerprint density at radius 3 is 2.06 bits per heavy atom. The second kappa shape index (κ2) is 9.64. The SMILES string of the molecule is CCCCCCOc1ccc(Br)cc1C1C2=C(CC(C)(C)CC2=O)OC2=C1C(=O)CC(C)(C)C2. The summed E-state index contributed by atoms with van der Waals surface area (Å²) >= 11 is 3.62. The number of carbonyl (C=O) groups is 2. The van der Waals surface area contributed by atoms with Crippen LogP contribution in [-0.2, 0) is 14.3 Å². The fourth-order valence-electron chi connectivity index (χ4n) is 5.57. The third kappa shape index (κ3) is 5.19. The lowest BCUT2D eigenvalue weighted by atomic mass is 9.65. The van der Waals surface area contributed by atoms with Gasteiger partial charge >= 0.3 is 0 Å². The standard InChI is InChI=1S/C29H37BrO4/c1-6-7-8-9-12-33-22-11-10-18(30)13-19(22)25-26-20(31)14-28(2,3)16-23(26)34-24-17-29(4,5)15-21(32)27(24)25/h10-11,13,25H,6-9,12,14-17H2,1-5H3. The Balaban J connectivity index is 1.81. The van der Waals surface area contributed by atoms with E-state index in [1.165, 1.54) is 12.8 Å². The summed E-state index contributed by atoms with van der Waals surface area (Å²) in [6.45, 7) is 11.2. The van der Waals surface area contributed by atoms with Gasteiger partial charge in [0.25, 0.3) is 0 Å². The van der Waals surface area contributed by atoms with Crippen molar-refractivity contribution in [2.24, 2.45) is 10.8 Å². The first-order valence-corrected chi connectivity index (χ1v) is 13.4. The minimum atomic E-state index is -0.436. The number of Topliss-reactive ketones (excluding diaryl/α,β-unsaturated/α-hetero) is 2. The highest BCUT2D eigenvalue weighted by Crippen LogP contribution is 2.54. The van der Waals surface area contributed by atoms with Crippen molar-refractivity contribution >= 4 is 27.5 Å². The first-order valence-electron chi connectivity index (χ1n) is 12.6. The van der Waals surface area contributed by atoms with Gasteiger partial charge in [0.1, 0.15) is 17.3 Å². The van der Waals surface area contributed by atoms with E-state index in [1.807, 2.05) is 18.2 Å². The molecule has 0 radical (unpaired) electrons. The van der Waals surface area contributed by atoms with E-state index < -0.39 is 5.92 Å². The second-order valence-corrected chi connectivity index (χ2v) is 12.6. The van der Waals surface area contributed by atoms with Gasteiger partial charge in [-0.25, -0.2) is 0 Å². The Kier molecular flexibility index (Phi) is 7.15. The van der Waals surface area contributed by atoms with Crippen LogP contribution < -0.4 is 4.74 Å². The van der Waals surface area contributed by atoms with Crippen molar-refractivity contribution in [3.63, 3.8) is 0 Å². The predicted molar refractivity (Wildman–Crippen MR) is 138 cm³/mol. The van der Waals surface area contributed by atoms with Crippen LogP contribution in [0, 0.1) is 10.8 Å². The highest BCUT2D eigenvalue weighted by molar-refractivity contribution is 9.10. The van der Waals surface area contributed by atoms with Crippen molar-refractivity contribution in [3.8, 4) is 5.75 Å². The molecule has 0 unspecified atom stereocenters. The lowest BCUT2D eigenvalue weighted by Gasteiger charge is -2.43. The molecule has 0 amide bonds. The smallest absolute Gasteiger partial charge is 0.163 e. The molecule has 184 valence electrons. The van der Waals surface area contributed by atoms with Gasteiger partial charge in [-0.3, -0.25) is 9.59 Å². The normalized spacial score (nSPS) is 21.8. The number of benzene rings is 1. The minimum Gasteiger partial charge on any atom is -0.493 e. The van der Waals surface area contributed by atoms with E-state index in [4.69, 9.17) is 9.47 Å². The van der Waals surface area contributed by atoms with Gasteiger partial charge in [0, 0.05) is 46.9 Å². The molecule has 1 aromatic carbocycles. The first-order chi connectivity index (χ1) is 16.0. The molecule has 0 atom stereocenters. The lowest BCUT2D eigenvalue weighted by molar-refractivity contribution is -0.120. The Bertz CT molecular complexity index is 1010. The van der Waals surface area contributed by atoms with Crippen molar-refractivity contribution in [3.05, 3.63) is 50.9 Å². The monoisotopic (exact) mass is 528 g/mol. The van der Waals surface area contributed by atoms with E-state index in [2.05, 4.69) is 50.5 Å². The zero-order valence-corrected chi connectivity index (χ0v) is 22.8. The van der Waals surface area contributed by atoms with Gasteiger partial charge in [0.2, 0.25) is 0 Å². The van der Waals surface area contributed by atoms with Crippen LogP contribution >= 0.6 is 15.9 Å². The molecule has 5 heteroatoms. The molecule has 1 aromatic rings. The average molecular weight is 530 g/mol. The molecule has 2 aliphatic carbocycles. The van der Waals surface area contributed by atoms with Crippen molar-refractivity contribution in [1.29, 1.82) is 0 Å². The summed E-state index contributed by atoms with van der Waals surface area (Å²) in [5, 5.41) is 0. The van der Waals surface area contributed by atoms with Crippen LogP contribution in [0.2, 0.25) is 0 Å². The molecule has 1 aliphatic heterocycles. The average Bonchev–Trinajstić information content (AvgIpc) is 2.71. The molecule has 0 saturated heterocycles. The zero-order chi connectivity index (χ0) is 24.7. The number of ether oxygens (including phenoxy) is 2. The van der Waals surface area contributed by atoms with E-state index >= 15 is 0 Å². The van der Waals surface area contributed by atoms with Crippen LogP contribution in [0.1, 0.15) is 97.5 Å². The van der Waals surface area contributed by atoms with E-state index in [1.54, 1.807) is 0 Å². The molecular weight excluding hydrogens is 492 g/mol. The third-order valence-electron chi connectivity index (χ3n) is 7.12. The molecule has 3 aliphatic rings. The van der Waals surface area contributed by atoms with Crippen LogP contribution in [0.3, 0.4) is 0 Å². The van der Waals surface area contributed by atoms with Crippen molar-refractivity contribution in [2.45, 2.75) is 91.9 Å². The summed E-state index contributed by atoms with van der Waals surface area (Å²) in [6, 6.07) is 5.95. The number of halogens is 1. The number of hydrogen-bond donors (Lipinski definition) is 0. The number of rotatable bonds is 7. The fraction of sp³-hybridized carbons (Fsp3) is 0.586. The molecule has 1 heterocycles. The highest BCUT2D eigenvalue weighted by atomic mass is 79.9. The molecule has 0 saturated carbocycles. The maximum absolute atomic E-state index is 13.5. The van der Waals surface area contributed by atoms with E-state index in [0.29, 0.717) is 43.4 Å². The van der Waals surface area contributed by atoms with Crippen LogP contribution in [0.25, 0.3) is 0 Å². The third-order valence-corrected chi connectivity index (χ3v) is 7.61. The molecule has 0 N–H and O–H groups in total. The Morgan fingerprint density at radius 1 is 0.912 bits per heavy atom. The van der Waals surface area contributed by atoms with Gasteiger partial charge < -0.3 is 9.47 Å². The summed E-state index contributed by atoms with van der Waals surface area (Å²) in [5.74, 6) is 1.95. The van der Waals surface area contributed by atoms with Crippen LogP contribution in [0.4, 0.5) is 0 Å². The summed E-state index contributed by atoms with van der Waals surface area (Å²) in [7, 11) is 0. The molecule has 0 bridgehead atoms. The highest BCUT2D eigenvalue weighted by Gasteiger charge is 2.48. The molecular formula is C29H37BrO4. The van der Waals surface area contributed by atoms with Crippen LogP contribution in [0.5, 0.6) is 5.75 Å². The maximum Gasteiger partial charge on any atom is 0.163 e. The molecule has 4 nitrogen and oxygen atoms in total. The van der Waals surface area contributed by atoms with Gasteiger partial charge in [0.15, 0.2) is 11.6 Å². The quantitative estimate of drug-likeness (QED) is 0.338. The van der Waals surface area contributed by atoms with Crippen molar-refractivity contribution in [2.75, 3.05) is 6.61 Å². The molecule has 4 rings (SSSR count). The summed E-state index contributed by atoms with van der Waals surface area (Å²) < 4.78 is 13.6. The molecule has 34 heavy (non-hydrogen) atoms. The molecule has 0 aromatic heterocycles. The Labute approximate surface area is 212 Å². The van der Waals surface area contributed by atoms with Crippen LogP contribution in [0.15, 0.2) is 45.3 Å². The number of hydrogen-bond acceptors (Lipinski definition) is 4. The van der Waals surface area contributed by atoms with Gasteiger partial charge in [-0.2, -0.15) is 0 Å². The minimum absolute atomic E-state index is 0.0781. The summed E-state index contributed by atoms with van der Waals surface area (Å²) in [4.78, 5) is 27.1. The number of unbranched alkanes of at least 4 members (excludes halogenated alkanes) is 3. The van der Waals surface area contributed by atoms with Gasteiger partial charge in [-0.15, -0.1) is 0 Å². The first kappa shape index (κ1) is 25.2. The topological polar surface area (TPSA) is 52.6 Å². The summed E-state index contributed by atoms with van der Waals surface area (Å²) in [5.41, 5.74) is 1.86. The van der Waals surface area contributed by atoms with Gasteiger partial charge in [-0.1, -0.05) is 69.8 Å². The van der Waals surface area contributed by atoms with E-state index in [0.717, 1.165) is 40.1 Å². The van der Waals surface area contributed by atoms with Gasteiger partial charge in [0.05, 0.1) is 12.5 Å². The number of ketones is 2. The largest absolute Gasteiger partial charge is 0.493 e. The van der Waals surface area contributed by atoms with Gasteiger partial charge in [-0.05, 0) is 35.4 Å². The van der Waals surface area contributed by atoms with Crippen molar-refractivity contribution < 1.29 is 19.1 Å². The zero-order valence-electron chi connectivity index (χ0n) is 21.2.